The van der Waals surface area contributed by atoms with Crippen molar-refractivity contribution in [2.24, 2.45) is 0 Å². The number of imide groups is 1. The van der Waals surface area contributed by atoms with Crippen LogP contribution in [0.4, 0.5) is 10.5 Å². The fourth-order valence-electron chi connectivity index (χ4n) is 2.57. The van der Waals surface area contributed by atoms with E-state index in [-0.39, 0.29) is 29.4 Å². The van der Waals surface area contributed by atoms with Crippen molar-refractivity contribution < 1.29 is 19.3 Å². The molecule has 1 aliphatic rings. The molecule has 1 heterocycles. The van der Waals surface area contributed by atoms with Crippen LogP contribution in [0.3, 0.4) is 0 Å². The third-order valence-electron chi connectivity index (χ3n) is 4.00. The zero-order valence-electron chi connectivity index (χ0n) is 14.8. The Morgan fingerprint density at radius 3 is 2.62 bits per heavy atom. The third-order valence-corrected chi connectivity index (χ3v) is 5.22. The summed E-state index contributed by atoms with van der Waals surface area (Å²) < 4.78 is 0. The van der Waals surface area contributed by atoms with Crippen LogP contribution in [-0.2, 0) is 4.79 Å². The molecular formula is C19H14ClN3O5S. The monoisotopic (exact) mass is 431 g/mol. The molecule has 0 unspecified atom stereocenters. The molecule has 3 amide bonds. The van der Waals surface area contributed by atoms with Crippen LogP contribution in [0, 0.1) is 10.1 Å². The predicted octanol–water partition coefficient (Wildman–Crippen LogP) is 3.71. The molecule has 0 atom stereocenters. The minimum absolute atomic E-state index is 0.00587. The first-order chi connectivity index (χ1) is 13.9. The molecule has 0 saturated carbocycles. The van der Waals surface area contributed by atoms with E-state index in [0.29, 0.717) is 4.91 Å². The van der Waals surface area contributed by atoms with E-state index >= 15 is 0 Å². The Labute approximate surface area is 174 Å². The first-order valence-electron chi connectivity index (χ1n) is 8.39. The van der Waals surface area contributed by atoms with E-state index in [0.717, 1.165) is 28.3 Å². The minimum atomic E-state index is -0.682. The molecule has 1 aliphatic heterocycles. The highest BCUT2D eigenvalue weighted by Gasteiger charge is 2.34. The SMILES string of the molecule is O=C(NCCN1C(=O)SC(=Cc2ccccc2)C1=O)c1ccc(Cl)c([N+](=O)[O-])c1. The number of nitrogens with zero attached hydrogens (tertiary/aromatic N) is 2. The van der Waals surface area contributed by atoms with Gasteiger partial charge < -0.3 is 5.32 Å². The maximum absolute atomic E-state index is 12.4. The van der Waals surface area contributed by atoms with E-state index in [1.54, 1.807) is 6.08 Å². The van der Waals surface area contributed by atoms with Gasteiger partial charge in [-0.25, -0.2) is 0 Å². The highest BCUT2D eigenvalue weighted by Crippen LogP contribution is 2.31. The molecule has 1 N–H and O–H groups in total. The lowest BCUT2D eigenvalue weighted by Gasteiger charge is -2.13. The van der Waals surface area contributed by atoms with Crippen molar-refractivity contribution in [1.82, 2.24) is 10.2 Å². The van der Waals surface area contributed by atoms with Gasteiger partial charge in [-0.2, -0.15) is 0 Å². The fraction of sp³-hybridized carbons (Fsp3) is 0.105. The topological polar surface area (TPSA) is 110 Å². The van der Waals surface area contributed by atoms with Crippen LogP contribution in [0.5, 0.6) is 0 Å². The third kappa shape index (κ3) is 4.82. The first-order valence-corrected chi connectivity index (χ1v) is 9.59. The molecule has 8 nitrogen and oxygen atoms in total. The molecule has 10 heteroatoms. The molecule has 29 heavy (non-hydrogen) atoms. The molecule has 2 aromatic carbocycles. The molecule has 1 fully saturated rings. The van der Waals surface area contributed by atoms with Crippen molar-refractivity contribution in [3.63, 3.8) is 0 Å². The van der Waals surface area contributed by atoms with Gasteiger partial charge >= 0.3 is 0 Å². The van der Waals surface area contributed by atoms with Crippen LogP contribution in [0.2, 0.25) is 5.02 Å². The van der Waals surface area contributed by atoms with Crippen molar-refractivity contribution in [3.8, 4) is 0 Å². The number of nitro benzene ring substituents is 1. The number of nitrogens with one attached hydrogen (secondary N) is 1. The quantitative estimate of drug-likeness (QED) is 0.424. The summed E-state index contributed by atoms with van der Waals surface area (Å²) in [4.78, 5) is 48.3. The van der Waals surface area contributed by atoms with Crippen molar-refractivity contribution in [1.29, 1.82) is 0 Å². The molecule has 3 rings (SSSR count). The average molecular weight is 432 g/mol. The highest BCUT2D eigenvalue weighted by atomic mass is 35.5. The molecule has 1 saturated heterocycles. The lowest BCUT2D eigenvalue weighted by Crippen LogP contribution is -2.37. The Bertz CT molecular complexity index is 1030. The molecule has 148 valence electrons. The molecule has 2 aromatic rings. The summed E-state index contributed by atoms with van der Waals surface area (Å²) in [6.45, 7) is -0.00979. The number of thioether (sulfide) groups is 1. The Balaban J connectivity index is 1.60. The Hall–Kier alpha value is -3.17. The largest absolute Gasteiger partial charge is 0.350 e. The van der Waals surface area contributed by atoms with Crippen LogP contribution in [0.15, 0.2) is 53.4 Å². The molecule has 0 aromatic heterocycles. The highest BCUT2D eigenvalue weighted by molar-refractivity contribution is 8.18. The summed E-state index contributed by atoms with van der Waals surface area (Å²) in [6, 6.07) is 12.8. The van der Waals surface area contributed by atoms with Gasteiger partial charge in [-0.15, -0.1) is 0 Å². The van der Waals surface area contributed by atoms with Gasteiger partial charge in [-0.3, -0.25) is 29.4 Å². The van der Waals surface area contributed by atoms with Crippen LogP contribution in [0.1, 0.15) is 15.9 Å². The number of benzene rings is 2. The second kappa shape index (κ2) is 8.89. The second-order valence-electron chi connectivity index (χ2n) is 5.92. The summed E-state index contributed by atoms with van der Waals surface area (Å²) >= 11 is 6.56. The van der Waals surface area contributed by atoms with E-state index in [2.05, 4.69) is 5.32 Å². The molecule has 0 radical (unpaired) electrons. The van der Waals surface area contributed by atoms with Gasteiger partial charge in [0.15, 0.2) is 0 Å². The number of carbonyl (C=O) groups is 3. The standard InChI is InChI=1S/C19H14ClN3O5S/c20-14-7-6-13(11-15(14)23(27)28)17(24)21-8-9-22-18(25)16(29-19(22)26)10-12-4-2-1-3-5-12/h1-7,10-11H,8-9H2,(H,21,24). The van der Waals surface area contributed by atoms with Gasteiger partial charge in [0.05, 0.1) is 9.83 Å². The summed E-state index contributed by atoms with van der Waals surface area (Å²) in [5.74, 6) is -1.00. The van der Waals surface area contributed by atoms with E-state index in [4.69, 9.17) is 11.6 Å². The van der Waals surface area contributed by atoms with Crippen LogP contribution >= 0.6 is 23.4 Å². The Morgan fingerprint density at radius 1 is 1.21 bits per heavy atom. The number of carbonyl (C=O) groups excluding carboxylic acids is 3. The van der Waals surface area contributed by atoms with Crippen LogP contribution < -0.4 is 5.32 Å². The normalized spacial score (nSPS) is 15.1. The second-order valence-corrected chi connectivity index (χ2v) is 7.32. The number of hydrogen-bond donors (Lipinski definition) is 1. The lowest BCUT2D eigenvalue weighted by molar-refractivity contribution is -0.384. The fourth-order valence-corrected chi connectivity index (χ4v) is 3.62. The maximum atomic E-state index is 12.4. The average Bonchev–Trinajstić information content (AvgIpc) is 2.96. The van der Waals surface area contributed by atoms with E-state index in [1.807, 2.05) is 30.3 Å². The number of amides is 3. The van der Waals surface area contributed by atoms with Gasteiger partial charge in [0.1, 0.15) is 5.02 Å². The zero-order valence-corrected chi connectivity index (χ0v) is 16.4. The minimum Gasteiger partial charge on any atom is -0.350 e. The van der Waals surface area contributed by atoms with Gasteiger partial charge in [-0.1, -0.05) is 41.9 Å². The van der Waals surface area contributed by atoms with Gasteiger partial charge in [0.2, 0.25) is 0 Å². The van der Waals surface area contributed by atoms with Gasteiger partial charge in [0.25, 0.3) is 22.7 Å². The zero-order chi connectivity index (χ0) is 21.0. The van der Waals surface area contributed by atoms with E-state index in [1.165, 1.54) is 12.1 Å². The van der Waals surface area contributed by atoms with E-state index in [9.17, 15) is 24.5 Å². The molecule has 0 bridgehead atoms. The number of hydrogen-bond acceptors (Lipinski definition) is 6. The van der Waals surface area contributed by atoms with Gasteiger partial charge in [-0.05, 0) is 35.5 Å². The number of nitro groups is 1. The molecule has 0 spiro atoms. The van der Waals surface area contributed by atoms with Crippen LogP contribution in [0.25, 0.3) is 6.08 Å². The number of halogens is 1. The van der Waals surface area contributed by atoms with Crippen molar-refractivity contribution in [2.75, 3.05) is 13.1 Å². The first kappa shape index (κ1) is 20.6. The van der Waals surface area contributed by atoms with Crippen molar-refractivity contribution >= 4 is 52.2 Å². The van der Waals surface area contributed by atoms with E-state index < -0.39 is 22.0 Å². The Morgan fingerprint density at radius 2 is 1.93 bits per heavy atom. The number of rotatable bonds is 6. The van der Waals surface area contributed by atoms with Crippen molar-refractivity contribution in [3.05, 3.63) is 79.7 Å². The summed E-state index contributed by atoms with van der Waals surface area (Å²) in [7, 11) is 0. The van der Waals surface area contributed by atoms with Crippen molar-refractivity contribution in [2.45, 2.75) is 0 Å². The predicted molar refractivity (Wildman–Crippen MR) is 110 cm³/mol. The smallest absolute Gasteiger partial charge is 0.293 e. The van der Waals surface area contributed by atoms with Gasteiger partial charge in [0, 0.05) is 24.7 Å². The van der Waals surface area contributed by atoms with Crippen LogP contribution in [-0.4, -0.2) is 40.0 Å². The molecule has 0 aliphatic carbocycles. The molecular weight excluding hydrogens is 418 g/mol. The summed E-state index contributed by atoms with van der Waals surface area (Å²) in [6.07, 6.45) is 1.64. The summed E-state index contributed by atoms with van der Waals surface area (Å²) in [5, 5.41) is 13.0. The maximum Gasteiger partial charge on any atom is 0.293 e. The summed E-state index contributed by atoms with van der Waals surface area (Å²) in [5.41, 5.74) is 0.478. The Kier molecular flexibility index (Phi) is 6.30. The lowest BCUT2D eigenvalue weighted by atomic mass is 10.2.